The molecule has 6 heteroatoms. The summed E-state index contributed by atoms with van der Waals surface area (Å²) in [6, 6.07) is 2.19. The predicted molar refractivity (Wildman–Crippen MR) is 94.5 cm³/mol. The molecule has 1 saturated heterocycles. The van der Waals surface area contributed by atoms with Crippen molar-refractivity contribution in [3.63, 3.8) is 0 Å². The Balaban J connectivity index is 1.89. The number of rotatable bonds is 7. The van der Waals surface area contributed by atoms with Crippen LogP contribution in [0.3, 0.4) is 0 Å². The van der Waals surface area contributed by atoms with E-state index < -0.39 is 11.4 Å². The van der Waals surface area contributed by atoms with Crippen LogP contribution in [-0.2, 0) is 20.7 Å². The molecule has 1 amide bonds. The van der Waals surface area contributed by atoms with Crippen LogP contribution in [0.25, 0.3) is 0 Å². The highest BCUT2D eigenvalue weighted by Gasteiger charge is 2.43. The van der Waals surface area contributed by atoms with Gasteiger partial charge in [0.25, 0.3) is 0 Å². The zero-order valence-corrected chi connectivity index (χ0v) is 15.6. The van der Waals surface area contributed by atoms with E-state index in [-0.39, 0.29) is 19.1 Å². The lowest BCUT2D eigenvalue weighted by Crippen LogP contribution is -2.52. The van der Waals surface area contributed by atoms with Crippen LogP contribution in [0.15, 0.2) is 6.07 Å². The summed E-state index contributed by atoms with van der Waals surface area (Å²) in [5, 5.41) is 9.56. The third-order valence-corrected chi connectivity index (χ3v) is 5.79. The first kappa shape index (κ1) is 18.9. The molecule has 1 atom stereocenters. The average molecular weight is 353 g/mol. The van der Waals surface area contributed by atoms with Crippen molar-refractivity contribution < 1.29 is 19.4 Å². The minimum Gasteiger partial charge on any atom is -0.481 e. The van der Waals surface area contributed by atoms with Crippen LogP contribution in [0.1, 0.15) is 41.0 Å². The maximum atomic E-state index is 12.5. The van der Waals surface area contributed by atoms with Crippen molar-refractivity contribution in [2.45, 2.75) is 46.0 Å². The van der Waals surface area contributed by atoms with E-state index in [0.717, 1.165) is 12.8 Å². The predicted octanol–water partition coefficient (Wildman–Crippen LogP) is 3.03. The number of likely N-dealkylation sites (tertiary alicyclic amines) is 1. The minimum atomic E-state index is -0.955. The third kappa shape index (κ3) is 4.36. The molecular weight excluding hydrogens is 326 g/mol. The Morgan fingerprint density at radius 1 is 1.42 bits per heavy atom. The van der Waals surface area contributed by atoms with Crippen LogP contribution in [0, 0.1) is 19.3 Å². The van der Waals surface area contributed by atoms with Gasteiger partial charge in [-0.15, -0.1) is 11.3 Å². The summed E-state index contributed by atoms with van der Waals surface area (Å²) in [4.78, 5) is 28.5. The summed E-state index contributed by atoms with van der Waals surface area (Å²) >= 11 is 1.79. The maximum Gasteiger partial charge on any atom is 0.313 e. The standard InChI is InChI=1S/C18H27NO4S/c1-13-10-15(14(2)24-13)6-4-7-16(20)19-9-5-8-18(11-19,12-23-3)17(21)22/h10H,4-9,11-12H2,1-3H3,(H,21,22). The molecular formula is C18H27NO4S. The van der Waals surface area contributed by atoms with E-state index in [0.29, 0.717) is 25.8 Å². The molecule has 1 aliphatic rings. The zero-order valence-electron chi connectivity index (χ0n) is 14.8. The number of methoxy groups -OCH3 is 1. The highest BCUT2D eigenvalue weighted by Crippen LogP contribution is 2.31. The number of carbonyl (C=O) groups excluding carboxylic acids is 1. The first-order valence-electron chi connectivity index (χ1n) is 8.44. The minimum absolute atomic E-state index is 0.0565. The van der Waals surface area contributed by atoms with Crippen molar-refractivity contribution in [3.8, 4) is 0 Å². The van der Waals surface area contributed by atoms with Gasteiger partial charge in [0.2, 0.25) is 5.91 Å². The van der Waals surface area contributed by atoms with Gasteiger partial charge >= 0.3 is 5.97 Å². The van der Waals surface area contributed by atoms with E-state index in [1.165, 1.54) is 22.4 Å². The Morgan fingerprint density at radius 3 is 2.75 bits per heavy atom. The number of carbonyl (C=O) groups is 2. The fourth-order valence-electron chi connectivity index (χ4n) is 3.49. The first-order valence-corrected chi connectivity index (χ1v) is 9.25. The van der Waals surface area contributed by atoms with Crippen LogP contribution in [0.4, 0.5) is 0 Å². The third-order valence-electron chi connectivity index (χ3n) is 4.78. The van der Waals surface area contributed by atoms with E-state index in [2.05, 4.69) is 19.9 Å². The number of aryl methyl sites for hydroxylation is 3. The van der Waals surface area contributed by atoms with Gasteiger partial charge in [0.1, 0.15) is 5.41 Å². The molecule has 2 heterocycles. The molecule has 1 aliphatic heterocycles. The summed E-state index contributed by atoms with van der Waals surface area (Å²) in [6.45, 7) is 5.27. The van der Waals surface area contributed by atoms with E-state index >= 15 is 0 Å². The summed E-state index contributed by atoms with van der Waals surface area (Å²) < 4.78 is 5.11. The number of amides is 1. The molecule has 0 aromatic carbocycles. The molecule has 134 valence electrons. The van der Waals surface area contributed by atoms with Gasteiger partial charge in [-0.1, -0.05) is 0 Å². The van der Waals surface area contributed by atoms with Crippen LogP contribution in [0.2, 0.25) is 0 Å². The van der Waals surface area contributed by atoms with Crippen molar-refractivity contribution in [3.05, 3.63) is 21.4 Å². The van der Waals surface area contributed by atoms with Crippen molar-refractivity contribution in [2.75, 3.05) is 26.8 Å². The Labute approximate surface area is 147 Å². The number of hydrogen-bond donors (Lipinski definition) is 1. The van der Waals surface area contributed by atoms with Crippen molar-refractivity contribution >= 4 is 23.2 Å². The second-order valence-corrected chi connectivity index (χ2v) is 8.19. The number of thiophene rings is 1. The number of nitrogens with zero attached hydrogens (tertiary/aromatic N) is 1. The van der Waals surface area contributed by atoms with E-state index in [9.17, 15) is 14.7 Å². The van der Waals surface area contributed by atoms with E-state index in [1.807, 2.05) is 0 Å². The van der Waals surface area contributed by atoms with Crippen LogP contribution in [-0.4, -0.2) is 48.7 Å². The lowest BCUT2D eigenvalue weighted by atomic mass is 9.80. The Morgan fingerprint density at radius 2 is 2.17 bits per heavy atom. The number of hydrogen-bond acceptors (Lipinski definition) is 4. The van der Waals surface area contributed by atoms with Crippen LogP contribution >= 0.6 is 11.3 Å². The molecule has 2 rings (SSSR count). The molecule has 1 aromatic heterocycles. The number of ether oxygens (including phenoxy) is 1. The molecule has 1 fully saturated rings. The second-order valence-electron chi connectivity index (χ2n) is 6.73. The number of aliphatic carboxylic acids is 1. The monoisotopic (exact) mass is 353 g/mol. The molecule has 1 unspecified atom stereocenters. The number of carboxylic acid groups (broad SMARTS) is 1. The van der Waals surface area contributed by atoms with Gasteiger partial charge in [-0.25, -0.2) is 0 Å². The van der Waals surface area contributed by atoms with Gasteiger partial charge in [0, 0.05) is 36.4 Å². The van der Waals surface area contributed by atoms with Gasteiger partial charge < -0.3 is 14.7 Å². The molecule has 0 aliphatic carbocycles. The summed E-state index contributed by atoms with van der Waals surface area (Å²) in [6.07, 6.45) is 3.45. The van der Waals surface area contributed by atoms with Gasteiger partial charge in [-0.2, -0.15) is 0 Å². The molecule has 1 aromatic rings. The normalized spacial score (nSPS) is 21.0. The molecule has 0 bridgehead atoms. The van der Waals surface area contributed by atoms with E-state index in [1.54, 1.807) is 16.2 Å². The van der Waals surface area contributed by atoms with Crippen molar-refractivity contribution in [1.82, 2.24) is 4.90 Å². The molecule has 1 N–H and O–H groups in total. The van der Waals surface area contributed by atoms with Gasteiger partial charge in [0.05, 0.1) is 6.61 Å². The van der Waals surface area contributed by atoms with Crippen LogP contribution in [0.5, 0.6) is 0 Å². The summed E-state index contributed by atoms with van der Waals surface area (Å²) in [7, 11) is 1.51. The van der Waals surface area contributed by atoms with Gasteiger partial charge in [-0.05, 0) is 51.2 Å². The second kappa shape index (κ2) is 8.12. The SMILES string of the molecule is COCC1(C(=O)O)CCCN(C(=O)CCCc2cc(C)sc2C)C1. The Bertz CT molecular complexity index is 594. The smallest absolute Gasteiger partial charge is 0.313 e. The van der Waals surface area contributed by atoms with Crippen molar-refractivity contribution in [2.24, 2.45) is 5.41 Å². The fourth-order valence-corrected chi connectivity index (χ4v) is 4.47. The van der Waals surface area contributed by atoms with Gasteiger partial charge in [-0.3, -0.25) is 9.59 Å². The van der Waals surface area contributed by atoms with E-state index in [4.69, 9.17) is 4.74 Å². The fraction of sp³-hybridized carbons (Fsp3) is 0.667. The topological polar surface area (TPSA) is 66.8 Å². The quantitative estimate of drug-likeness (QED) is 0.818. The Hall–Kier alpha value is -1.40. The molecule has 0 radical (unpaired) electrons. The van der Waals surface area contributed by atoms with Gasteiger partial charge in [0.15, 0.2) is 0 Å². The number of carboxylic acids is 1. The Kier molecular flexibility index (Phi) is 6.40. The maximum absolute atomic E-state index is 12.5. The van der Waals surface area contributed by atoms with Crippen LogP contribution < -0.4 is 0 Å². The molecule has 0 saturated carbocycles. The lowest BCUT2D eigenvalue weighted by Gasteiger charge is -2.39. The highest BCUT2D eigenvalue weighted by atomic mass is 32.1. The number of piperidine rings is 1. The zero-order chi connectivity index (χ0) is 17.7. The highest BCUT2D eigenvalue weighted by molar-refractivity contribution is 7.12. The largest absolute Gasteiger partial charge is 0.481 e. The molecule has 24 heavy (non-hydrogen) atoms. The first-order chi connectivity index (χ1) is 11.4. The average Bonchev–Trinajstić information content (AvgIpc) is 2.85. The van der Waals surface area contributed by atoms with Crippen molar-refractivity contribution in [1.29, 1.82) is 0 Å². The summed E-state index contributed by atoms with van der Waals surface area (Å²) in [5.74, 6) is -0.813. The summed E-state index contributed by atoms with van der Waals surface area (Å²) in [5.41, 5.74) is 0.368. The molecule has 0 spiro atoms. The molecule has 5 nitrogen and oxygen atoms in total. The lowest BCUT2D eigenvalue weighted by molar-refractivity contribution is -0.159.